The van der Waals surface area contributed by atoms with Crippen LogP contribution in [0.5, 0.6) is 0 Å². The molecule has 0 bridgehead atoms. The van der Waals surface area contributed by atoms with Crippen LogP contribution in [-0.2, 0) is 6.54 Å². The van der Waals surface area contributed by atoms with E-state index in [9.17, 15) is 4.39 Å². The highest BCUT2D eigenvalue weighted by Crippen LogP contribution is 2.22. The van der Waals surface area contributed by atoms with Gasteiger partial charge in [0.15, 0.2) is 0 Å². The van der Waals surface area contributed by atoms with Crippen molar-refractivity contribution in [2.45, 2.75) is 12.6 Å². The van der Waals surface area contributed by atoms with Crippen LogP contribution in [0, 0.1) is 5.82 Å². The second-order valence-corrected chi connectivity index (χ2v) is 4.01. The van der Waals surface area contributed by atoms with E-state index in [0.29, 0.717) is 6.04 Å². The van der Waals surface area contributed by atoms with E-state index in [1.165, 1.54) is 6.07 Å². The summed E-state index contributed by atoms with van der Waals surface area (Å²) in [4.78, 5) is 2.31. The fraction of sp³-hybridized carbons (Fsp3) is 0.400. The summed E-state index contributed by atoms with van der Waals surface area (Å²) >= 11 is 3.43. The molecule has 0 saturated carbocycles. The Morgan fingerprint density at radius 2 is 2.38 bits per heavy atom. The van der Waals surface area contributed by atoms with Gasteiger partial charge >= 0.3 is 0 Å². The number of benzene rings is 1. The topological polar surface area (TPSA) is 3.01 Å². The van der Waals surface area contributed by atoms with Crippen molar-refractivity contribution in [3.63, 3.8) is 0 Å². The molecule has 0 spiro atoms. The fourth-order valence-corrected chi connectivity index (χ4v) is 2.05. The summed E-state index contributed by atoms with van der Waals surface area (Å²) in [6, 6.07) is 7.46. The van der Waals surface area contributed by atoms with Gasteiger partial charge in [-0.3, -0.25) is 4.90 Å². The third-order valence-corrected chi connectivity index (χ3v) is 3.03. The van der Waals surface area contributed by atoms with Crippen molar-refractivity contribution in [3.8, 4) is 0 Å². The van der Waals surface area contributed by atoms with Crippen LogP contribution in [0.25, 0.3) is 0 Å². The summed E-state index contributed by atoms with van der Waals surface area (Å²) < 4.78 is 12.8. The second kappa shape index (κ2) is 3.76. The lowest BCUT2D eigenvalue weighted by molar-refractivity contribution is 0.514. The van der Waals surface area contributed by atoms with E-state index in [0.717, 1.165) is 24.0 Å². The average Bonchev–Trinajstić information content (AvgIpc) is 2.83. The highest BCUT2D eigenvalue weighted by molar-refractivity contribution is 9.09. The summed E-state index contributed by atoms with van der Waals surface area (Å²) in [6.07, 6.45) is 0. The molecule has 0 N–H and O–H groups in total. The van der Waals surface area contributed by atoms with Crippen LogP contribution in [0.1, 0.15) is 5.56 Å². The van der Waals surface area contributed by atoms with Crippen molar-refractivity contribution in [2.75, 3.05) is 11.9 Å². The molecule has 3 heteroatoms. The van der Waals surface area contributed by atoms with Gasteiger partial charge in [0.25, 0.3) is 0 Å². The molecule has 70 valence electrons. The molecule has 1 heterocycles. The molecule has 1 aromatic carbocycles. The molecule has 2 atom stereocenters. The van der Waals surface area contributed by atoms with Gasteiger partial charge in [-0.2, -0.15) is 0 Å². The molecule has 1 saturated heterocycles. The van der Waals surface area contributed by atoms with Crippen LogP contribution >= 0.6 is 15.9 Å². The van der Waals surface area contributed by atoms with Gasteiger partial charge in [-0.25, -0.2) is 4.39 Å². The lowest BCUT2D eigenvalue weighted by atomic mass is 10.2. The van der Waals surface area contributed by atoms with Gasteiger partial charge in [0.2, 0.25) is 0 Å². The predicted octanol–water partition coefficient (Wildman–Crippen LogP) is 2.40. The number of hydrogen-bond acceptors (Lipinski definition) is 1. The normalized spacial score (nSPS) is 26.0. The number of nitrogens with zero attached hydrogens (tertiary/aromatic N) is 1. The Morgan fingerprint density at radius 3 is 3.00 bits per heavy atom. The minimum atomic E-state index is -0.144. The zero-order valence-electron chi connectivity index (χ0n) is 7.21. The third kappa shape index (κ3) is 2.29. The van der Waals surface area contributed by atoms with E-state index in [-0.39, 0.29) is 5.82 Å². The molecule has 1 aliphatic heterocycles. The van der Waals surface area contributed by atoms with Gasteiger partial charge in [0, 0.05) is 24.5 Å². The predicted molar refractivity (Wildman–Crippen MR) is 54.4 cm³/mol. The summed E-state index contributed by atoms with van der Waals surface area (Å²) in [6.45, 7) is 2.00. The van der Waals surface area contributed by atoms with Crippen molar-refractivity contribution in [2.24, 2.45) is 0 Å². The first-order chi connectivity index (χ1) is 6.29. The molecule has 2 rings (SSSR count). The molecule has 1 fully saturated rings. The molecule has 0 radical (unpaired) electrons. The summed E-state index contributed by atoms with van der Waals surface area (Å²) in [5.41, 5.74) is 1.06. The zero-order chi connectivity index (χ0) is 9.26. The van der Waals surface area contributed by atoms with Crippen LogP contribution in [0.4, 0.5) is 4.39 Å². The maximum atomic E-state index is 12.8. The Labute approximate surface area is 85.7 Å². The van der Waals surface area contributed by atoms with Crippen LogP contribution in [-0.4, -0.2) is 22.8 Å². The highest BCUT2D eigenvalue weighted by atomic mass is 79.9. The van der Waals surface area contributed by atoms with E-state index in [1.807, 2.05) is 6.07 Å². The van der Waals surface area contributed by atoms with E-state index in [1.54, 1.807) is 12.1 Å². The average molecular weight is 244 g/mol. The van der Waals surface area contributed by atoms with E-state index in [4.69, 9.17) is 0 Å². The first-order valence-electron chi connectivity index (χ1n) is 4.34. The van der Waals surface area contributed by atoms with Crippen molar-refractivity contribution in [1.29, 1.82) is 0 Å². The van der Waals surface area contributed by atoms with E-state index < -0.39 is 0 Å². The largest absolute Gasteiger partial charge is 0.292 e. The molecule has 0 amide bonds. The Bertz CT molecular complexity index is 303. The van der Waals surface area contributed by atoms with Crippen LogP contribution in [0.2, 0.25) is 0 Å². The molecule has 0 aromatic heterocycles. The number of hydrogen-bond donors (Lipinski definition) is 0. The van der Waals surface area contributed by atoms with Crippen molar-refractivity contribution in [1.82, 2.24) is 4.90 Å². The highest BCUT2D eigenvalue weighted by Gasteiger charge is 2.32. The van der Waals surface area contributed by atoms with Crippen LogP contribution in [0.15, 0.2) is 24.3 Å². The van der Waals surface area contributed by atoms with Gasteiger partial charge in [-0.1, -0.05) is 28.1 Å². The maximum absolute atomic E-state index is 12.8. The molecule has 1 unspecified atom stereocenters. The Morgan fingerprint density at radius 1 is 1.54 bits per heavy atom. The number of rotatable bonds is 3. The van der Waals surface area contributed by atoms with Crippen molar-refractivity contribution in [3.05, 3.63) is 35.6 Å². The number of alkyl halides is 1. The minimum absolute atomic E-state index is 0.144. The molecule has 0 aliphatic carbocycles. The molecule has 13 heavy (non-hydrogen) atoms. The molecular weight excluding hydrogens is 233 g/mol. The van der Waals surface area contributed by atoms with Crippen LogP contribution in [0.3, 0.4) is 0 Å². The summed E-state index contributed by atoms with van der Waals surface area (Å²) in [7, 11) is 0. The number of halogens is 2. The Kier molecular flexibility index (Phi) is 2.65. The minimum Gasteiger partial charge on any atom is -0.292 e. The SMILES string of the molecule is Fc1cccc(CN2C[C@H]2CBr)c1. The lowest BCUT2D eigenvalue weighted by Crippen LogP contribution is -2.02. The standard InChI is InChI=1S/C10H11BrFN/c11-5-10-7-13(10)6-8-2-1-3-9(12)4-8/h1-4,10H,5-7H2/t10-,13?/m1/s1. The van der Waals surface area contributed by atoms with E-state index >= 15 is 0 Å². The maximum Gasteiger partial charge on any atom is 0.123 e. The van der Waals surface area contributed by atoms with Crippen molar-refractivity contribution < 1.29 is 4.39 Å². The zero-order valence-corrected chi connectivity index (χ0v) is 8.80. The molecule has 1 aliphatic rings. The summed E-state index contributed by atoms with van der Waals surface area (Å²) in [5.74, 6) is -0.144. The summed E-state index contributed by atoms with van der Waals surface area (Å²) in [5, 5.41) is 1.02. The Balaban J connectivity index is 1.95. The fourth-order valence-electron chi connectivity index (χ4n) is 1.43. The van der Waals surface area contributed by atoms with Gasteiger partial charge in [-0.15, -0.1) is 0 Å². The van der Waals surface area contributed by atoms with Gasteiger partial charge < -0.3 is 0 Å². The van der Waals surface area contributed by atoms with Gasteiger partial charge in [0.05, 0.1) is 0 Å². The molecule has 1 aromatic rings. The molecule has 1 nitrogen and oxygen atoms in total. The quantitative estimate of drug-likeness (QED) is 0.582. The Hall–Kier alpha value is -0.410. The monoisotopic (exact) mass is 243 g/mol. The van der Waals surface area contributed by atoms with Gasteiger partial charge in [0.1, 0.15) is 5.82 Å². The van der Waals surface area contributed by atoms with Crippen LogP contribution < -0.4 is 0 Å². The molecular formula is C10H11BrFN. The van der Waals surface area contributed by atoms with Crippen molar-refractivity contribution >= 4 is 15.9 Å². The second-order valence-electron chi connectivity index (χ2n) is 3.37. The first kappa shape index (κ1) is 9.16. The van der Waals surface area contributed by atoms with Gasteiger partial charge in [-0.05, 0) is 17.7 Å². The third-order valence-electron chi connectivity index (χ3n) is 2.28. The lowest BCUT2D eigenvalue weighted by Gasteiger charge is -2.02. The van der Waals surface area contributed by atoms with E-state index in [2.05, 4.69) is 20.8 Å². The smallest absolute Gasteiger partial charge is 0.123 e. The first-order valence-corrected chi connectivity index (χ1v) is 5.46.